The molecule has 75 heavy (non-hydrogen) atoms. The molecule has 0 aliphatic carbocycles. The number of amides is 1. The minimum Gasteiger partial charge on any atom is -0.466 e. The van der Waals surface area contributed by atoms with Gasteiger partial charge in [0.05, 0.1) is 25.4 Å². The van der Waals surface area contributed by atoms with Gasteiger partial charge in [0, 0.05) is 12.8 Å². The van der Waals surface area contributed by atoms with E-state index in [9.17, 15) is 19.8 Å². The number of ether oxygens (including phenoxy) is 1. The Morgan fingerprint density at radius 2 is 0.627 bits per heavy atom. The Balaban J connectivity index is 3.41. The van der Waals surface area contributed by atoms with Gasteiger partial charge < -0.3 is 20.3 Å². The van der Waals surface area contributed by atoms with Gasteiger partial charge in [-0.15, -0.1) is 0 Å². The molecule has 3 N–H and O–H groups in total. The van der Waals surface area contributed by atoms with Gasteiger partial charge in [0.1, 0.15) is 0 Å². The Hall–Kier alpha value is -1.66. The summed E-state index contributed by atoms with van der Waals surface area (Å²) in [6.45, 7) is 4.93. The number of unbranched alkanes of at least 4 members (excludes halogenated alkanes) is 51. The Morgan fingerprint density at radius 1 is 0.360 bits per heavy atom. The number of esters is 1. The second-order valence-corrected chi connectivity index (χ2v) is 23.5. The summed E-state index contributed by atoms with van der Waals surface area (Å²) in [4.78, 5) is 24.6. The molecule has 0 aromatic carbocycles. The summed E-state index contributed by atoms with van der Waals surface area (Å²) < 4.78 is 5.50. The van der Waals surface area contributed by atoms with Gasteiger partial charge in [-0.3, -0.25) is 9.59 Å². The van der Waals surface area contributed by atoms with E-state index in [-0.39, 0.29) is 18.5 Å². The van der Waals surface area contributed by atoms with E-state index in [1.807, 2.05) is 6.08 Å². The highest BCUT2D eigenvalue weighted by atomic mass is 16.5. The third-order valence-corrected chi connectivity index (χ3v) is 16.0. The predicted octanol–water partition coefficient (Wildman–Crippen LogP) is 21.8. The summed E-state index contributed by atoms with van der Waals surface area (Å²) in [5, 5.41) is 23.2. The third-order valence-electron chi connectivity index (χ3n) is 16.0. The number of allylic oxidation sites excluding steroid dienone is 3. The number of aliphatic hydroxyl groups is 2. The fraction of sp³-hybridized carbons (Fsp3) is 0.913. The summed E-state index contributed by atoms with van der Waals surface area (Å²) in [6, 6.07) is -0.631. The van der Waals surface area contributed by atoms with Crippen molar-refractivity contribution in [1.29, 1.82) is 0 Å². The molecule has 0 aromatic rings. The Bertz CT molecular complexity index is 1170. The normalized spacial score (nSPS) is 12.6. The quantitative estimate of drug-likeness (QED) is 0.0320. The fourth-order valence-corrected chi connectivity index (χ4v) is 10.7. The second-order valence-electron chi connectivity index (χ2n) is 23.5. The van der Waals surface area contributed by atoms with Crippen LogP contribution in [0.4, 0.5) is 0 Å². The van der Waals surface area contributed by atoms with Gasteiger partial charge in [-0.1, -0.05) is 334 Å². The van der Waals surface area contributed by atoms with E-state index in [2.05, 4.69) is 31.3 Å². The van der Waals surface area contributed by atoms with E-state index in [1.165, 1.54) is 308 Å². The van der Waals surface area contributed by atoms with Crippen LogP contribution in [0, 0.1) is 0 Å². The molecule has 0 radical (unpaired) electrons. The number of rotatable bonds is 64. The molecule has 0 fully saturated rings. The molecule has 1 amide bonds. The summed E-state index contributed by atoms with van der Waals surface area (Å²) in [5.41, 5.74) is 0. The number of carbonyl (C=O) groups is 2. The number of nitrogens with one attached hydrogen (secondary N) is 1. The first-order chi connectivity index (χ1) is 37.0. The monoisotopic (exact) mass is 1060 g/mol. The van der Waals surface area contributed by atoms with Crippen LogP contribution in [0.5, 0.6) is 0 Å². The molecule has 6 nitrogen and oxygen atoms in total. The van der Waals surface area contributed by atoms with Crippen LogP contribution in [0.25, 0.3) is 0 Å². The van der Waals surface area contributed by atoms with Crippen LogP contribution in [-0.4, -0.2) is 47.4 Å². The van der Waals surface area contributed by atoms with Gasteiger partial charge >= 0.3 is 5.97 Å². The molecule has 0 bridgehead atoms. The lowest BCUT2D eigenvalue weighted by atomic mass is 10.0. The summed E-state index contributed by atoms with van der Waals surface area (Å²) in [7, 11) is 0. The zero-order valence-electron chi connectivity index (χ0n) is 50.8. The van der Waals surface area contributed by atoms with Crippen molar-refractivity contribution in [2.75, 3.05) is 13.2 Å². The van der Waals surface area contributed by atoms with E-state index < -0.39 is 12.1 Å². The van der Waals surface area contributed by atoms with Crippen LogP contribution in [-0.2, 0) is 14.3 Å². The molecule has 0 heterocycles. The van der Waals surface area contributed by atoms with Crippen LogP contribution < -0.4 is 5.32 Å². The Kier molecular flexibility index (Phi) is 63.4. The van der Waals surface area contributed by atoms with E-state index in [1.54, 1.807) is 6.08 Å². The fourth-order valence-electron chi connectivity index (χ4n) is 10.7. The molecular formula is C69H133NO5. The molecule has 0 saturated carbocycles. The van der Waals surface area contributed by atoms with Crippen molar-refractivity contribution in [2.24, 2.45) is 0 Å². The molecule has 2 unspecified atom stereocenters. The standard InChI is InChI=1S/C69H133NO5/c1-3-5-7-9-11-13-15-17-19-21-23-26-29-33-37-41-45-49-53-57-61-67(72)66(65-71)70-68(73)62-58-54-50-46-42-38-34-30-27-24-28-32-36-40-44-48-52-56-60-64-75-69(74)63-59-55-51-47-43-39-35-31-25-22-20-18-16-14-12-10-8-6-4-2/h18,20,57,61,66-67,71-72H,3-17,19,21-56,58-60,62-65H2,1-2H3,(H,70,73)/b20-18-,61-57+. The SMILES string of the molecule is CCCCCCCC/C=C\CCCCCCCCCCCC(=O)OCCCCCCCCCCCCCCCCCCCCCC(=O)NC(CO)C(O)/C=C/CCCCCCCCCCCCCCCCCCCC. The van der Waals surface area contributed by atoms with Gasteiger partial charge in [0.2, 0.25) is 5.91 Å². The van der Waals surface area contributed by atoms with Crippen molar-refractivity contribution >= 4 is 11.9 Å². The topological polar surface area (TPSA) is 95.9 Å². The maximum Gasteiger partial charge on any atom is 0.305 e. The highest BCUT2D eigenvalue weighted by molar-refractivity contribution is 5.76. The maximum absolute atomic E-state index is 12.5. The lowest BCUT2D eigenvalue weighted by Gasteiger charge is -2.20. The zero-order valence-corrected chi connectivity index (χ0v) is 50.8. The molecule has 6 heteroatoms. The molecule has 0 aromatic heterocycles. The van der Waals surface area contributed by atoms with Crippen molar-refractivity contribution in [3.05, 3.63) is 24.3 Å². The highest BCUT2D eigenvalue weighted by Gasteiger charge is 2.18. The second kappa shape index (κ2) is 64.9. The smallest absolute Gasteiger partial charge is 0.305 e. The van der Waals surface area contributed by atoms with Crippen LogP contribution in [0.15, 0.2) is 24.3 Å². The zero-order chi connectivity index (χ0) is 54.3. The van der Waals surface area contributed by atoms with E-state index >= 15 is 0 Å². The molecule has 0 aliphatic heterocycles. The van der Waals surface area contributed by atoms with E-state index in [4.69, 9.17) is 4.74 Å². The first-order valence-electron chi connectivity index (χ1n) is 34.1. The van der Waals surface area contributed by atoms with E-state index in [0.717, 1.165) is 44.9 Å². The van der Waals surface area contributed by atoms with Gasteiger partial charge in [0.25, 0.3) is 0 Å². The van der Waals surface area contributed by atoms with Crippen molar-refractivity contribution in [1.82, 2.24) is 5.32 Å². The van der Waals surface area contributed by atoms with E-state index in [0.29, 0.717) is 19.4 Å². The maximum atomic E-state index is 12.5. The minimum absolute atomic E-state index is 0.00878. The predicted molar refractivity (Wildman–Crippen MR) is 329 cm³/mol. The Labute approximate surface area is 469 Å². The van der Waals surface area contributed by atoms with Gasteiger partial charge in [-0.25, -0.2) is 0 Å². The van der Waals surface area contributed by atoms with Crippen molar-refractivity contribution < 1.29 is 24.5 Å². The molecule has 2 atom stereocenters. The molecule has 0 spiro atoms. The molecular weight excluding hydrogens is 923 g/mol. The van der Waals surface area contributed by atoms with Crippen LogP contribution in [0.2, 0.25) is 0 Å². The van der Waals surface area contributed by atoms with Crippen LogP contribution in [0.1, 0.15) is 380 Å². The number of aliphatic hydroxyl groups excluding tert-OH is 2. The van der Waals surface area contributed by atoms with Crippen LogP contribution >= 0.6 is 0 Å². The number of hydrogen-bond acceptors (Lipinski definition) is 5. The van der Waals surface area contributed by atoms with Gasteiger partial charge in [-0.2, -0.15) is 0 Å². The number of carbonyl (C=O) groups excluding carboxylic acids is 2. The lowest BCUT2D eigenvalue weighted by Crippen LogP contribution is -2.45. The molecule has 0 rings (SSSR count). The first-order valence-corrected chi connectivity index (χ1v) is 34.1. The summed E-state index contributed by atoms with van der Waals surface area (Å²) >= 11 is 0. The number of hydrogen-bond donors (Lipinski definition) is 3. The Morgan fingerprint density at radius 3 is 0.947 bits per heavy atom. The average Bonchev–Trinajstić information content (AvgIpc) is 3.41. The average molecular weight is 1060 g/mol. The van der Waals surface area contributed by atoms with Crippen molar-refractivity contribution in [3.8, 4) is 0 Å². The third kappa shape index (κ3) is 61.4. The van der Waals surface area contributed by atoms with Gasteiger partial charge in [-0.05, 0) is 57.8 Å². The molecule has 0 aliphatic rings. The summed E-state index contributed by atoms with van der Waals surface area (Å²) in [6.07, 6.45) is 80.9. The highest BCUT2D eigenvalue weighted by Crippen LogP contribution is 2.18. The minimum atomic E-state index is -0.847. The van der Waals surface area contributed by atoms with Crippen molar-refractivity contribution in [2.45, 2.75) is 392 Å². The van der Waals surface area contributed by atoms with Crippen molar-refractivity contribution in [3.63, 3.8) is 0 Å². The summed E-state index contributed by atoms with van der Waals surface area (Å²) in [5.74, 6) is -0.0584. The molecule has 444 valence electrons. The van der Waals surface area contributed by atoms with Gasteiger partial charge in [0.15, 0.2) is 0 Å². The lowest BCUT2D eigenvalue weighted by molar-refractivity contribution is -0.143. The first kappa shape index (κ1) is 73.3. The molecule has 0 saturated heterocycles. The van der Waals surface area contributed by atoms with Crippen LogP contribution in [0.3, 0.4) is 0 Å². The largest absolute Gasteiger partial charge is 0.466 e.